The summed E-state index contributed by atoms with van der Waals surface area (Å²) in [5.74, 6) is -0.539. The van der Waals surface area contributed by atoms with Crippen LogP contribution in [0.4, 0.5) is 21.2 Å². The Hall–Kier alpha value is -3.86. The summed E-state index contributed by atoms with van der Waals surface area (Å²) >= 11 is 12.7. The lowest BCUT2D eigenvalue weighted by Gasteiger charge is -2.10. The SMILES string of the molecule is CC#N.CCOC(=O)NC(=Nc1cc(Br)cc(C(=O)OCC)n1)SC.CCOC(=O)NC(=S)Nc1cc(Br)cc(C(=O)OCC)n1. The molecule has 19 heteroatoms. The standard InChI is InChI=1S/C13H16BrN3O4S.C12H14BrN3O4S.C2H3N/c1-4-20-11(18)9-6-8(14)7-10(15-9)16-12(22-3)17-13(19)21-5-2;1-3-19-10(17)8-5-7(13)6-9(14-8)15-11(21)16-12(18)20-4-2;1-2-3/h6-7H,4-5H2,1-3H3,(H,15,16,17,19);5-6H,3-4H2,1-2H3,(H2,14,15,16,18,21);1H3. The van der Waals surface area contributed by atoms with Crippen molar-refractivity contribution in [2.45, 2.75) is 34.6 Å². The lowest BCUT2D eigenvalue weighted by molar-refractivity contribution is 0.0510. The molecular weight excluding hydrogens is 774 g/mol. The highest BCUT2D eigenvalue weighted by Crippen LogP contribution is 2.20. The first-order valence-corrected chi connectivity index (χ1v) is 16.4. The first kappa shape index (κ1) is 42.1. The topological polar surface area (TPSA) is 203 Å². The molecule has 0 aliphatic heterocycles. The lowest BCUT2D eigenvalue weighted by atomic mass is 10.3. The van der Waals surface area contributed by atoms with Crippen molar-refractivity contribution in [1.29, 1.82) is 5.26 Å². The number of nitriles is 1. The van der Waals surface area contributed by atoms with Crippen LogP contribution in [-0.2, 0) is 18.9 Å². The number of hydrogen-bond acceptors (Lipinski definition) is 14. The molecule has 0 aromatic carbocycles. The molecule has 0 radical (unpaired) electrons. The van der Waals surface area contributed by atoms with Gasteiger partial charge in [0.15, 0.2) is 27.5 Å². The first-order valence-electron chi connectivity index (χ1n) is 13.2. The maximum atomic E-state index is 11.7. The highest BCUT2D eigenvalue weighted by Gasteiger charge is 2.14. The Kier molecular flexibility index (Phi) is 22.3. The van der Waals surface area contributed by atoms with Gasteiger partial charge in [-0.1, -0.05) is 43.6 Å². The number of esters is 2. The molecule has 250 valence electrons. The molecule has 0 fully saturated rings. The molecule has 0 aliphatic carbocycles. The van der Waals surface area contributed by atoms with E-state index in [4.69, 9.17) is 31.7 Å². The Morgan fingerprint density at radius 2 is 1.30 bits per heavy atom. The Labute approximate surface area is 292 Å². The summed E-state index contributed by atoms with van der Waals surface area (Å²) in [7, 11) is 0. The van der Waals surface area contributed by atoms with E-state index >= 15 is 0 Å². The molecule has 2 aromatic heterocycles. The third kappa shape index (κ3) is 18.2. The smallest absolute Gasteiger partial charge is 0.413 e. The van der Waals surface area contributed by atoms with E-state index in [0.29, 0.717) is 14.1 Å². The molecule has 0 bridgehead atoms. The quantitative estimate of drug-likeness (QED) is 0.0906. The monoisotopic (exact) mass is 805 g/mol. The summed E-state index contributed by atoms with van der Waals surface area (Å²) < 4.78 is 20.5. The van der Waals surface area contributed by atoms with Gasteiger partial charge in [-0.05, 0) is 70.4 Å². The van der Waals surface area contributed by atoms with Crippen molar-refractivity contribution >= 4 is 102 Å². The summed E-state index contributed by atoms with van der Waals surface area (Å²) in [5, 5.41) is 15.1. The number of thioether (sulfide) groups is 1. The summed E-state index contributed by atoms with van der Waals surface area (Å²) in [5.41, 5.74) is 0.249. The van der Waals surface area contributed by atoms with Gasteiger partial charge in [0, 0.05) is 15.9 Å². The molecule has 46 heavy (non-hydrogen) atoms. The number of hydrogen-bond donors (Lipinski definition) is 3. The minimum Gasteiger partial charge on any atom is -0.461 e. The number of amides is 2. The van der Waals surface area contributed by atoms with Crippen molar-refractivity contribution in [3.8, 4) is 6.07 Å². The number of aliphatic imine (C=N–C) groups is 1. The van der Waals surface area contributed by atoms with Gasteiger partial charge in [0.05, 0.1) is 32.5 Å². The fraction of sp³-hybridized carbons (Fsp3) is 0.370. The van der Waals surface area contributed by atoms with Gasteiger partial charge in [-0.25, -0.2) is 34.1 Å². The van der Waals surface area contributed by atoms with Crippen molar-refractivity contribution in [3.05, 3.63) is 44.6 Å². The van der Waals surface area contributed by atoms with Crippen LogP contribution in [0.25, 0.3) is 0 Å². The Balaban J connectivity index is 0.000000811. The molecule has 0 aliphatic rings. The van der Waals surface area contributed by atoms with E-state index in [1.165, 1.54) is 30.8 Å². The van der Waals surface area contributed by atoms with Crippen LogP contribution in [0.5, 0.6) is 0 Å². The van der Waals surface area contributed by atoms with E-state index in [1.54, 1.807) is 52.2 Å². The number of carbonyl (C=O) groups excluding carboxylic acids is 4. The van der Waals surface area contributed by atoms with Crippen molar-refractivity contribution in [1.82, 2.24) is 20.6 Å². The summed E-state index contributed by atoms with van der Waals surface area (Å²) in [4.78, 5) is 58.3. The molecule has 0 unspecified atom stereocenters. The van der Waals surface area contributed by atoms with E-state index in [9.17, 15) is 19.2 Å². The van der Waals surface area contributed by atoms with Crippen LogP contribution < -0.4 is 16.0 Å². The van der Waals surface area contributed by atoms with Crippen molar-refractivity contribution < 1.29 is 38.1 Å². The third-order valence-electron chi connectivity index (χ3n) is 4.16. The lowest BCUT2D eigenvalue weighted by Crippen LogP contribution is -2.34. The number of pyridine rings is 2. The number of alkyl carbamates (subject to hydrolysis) is 2. The van der Waals surface area contributed by atoms with Gasteiger partial charge < -0.3 is 24.3 Å². The molecule has 15 nitrogen and oxygen atoms in total. The predicted molar refractivity (Wildman–Crippen MR) is 184 cm³/mol. The Morgan fingerprint density at radius 3 is 1.78 bits per heavy atom. The second kappa shape index (κ2) is 24.4. The van der Waals surface area contributed by atoms with Crippen LogP contribution in [0.2, 0.25) is 0 Å². The van der Waals surface area contributed by atoms with E-state index in [0.717, 1.165) is 0 Å². The number of halogens is 2. The molecule has 2 amide bonds. The second-order valence-electron chi connectivity index (χ2n) is 7.52. The van der Waals surface area contributed by atoms with Crippen LogP contribution in [0.15, 0.2) is 38.2 Å². The Morgan fingerprint density at radius 1 is 0.848 bits per heavy atom. The third-order valence-corrected chi connectivity index (χ3v) is 5.86. The molecule has 0 saturated carbocycles. The number of aromatic nitrogens is 2. The van der Waals surface area contributed by atoms with Gasteiger partial charge >= 0.3 is 24.1 Å². The van der Waals surface area contributed by atoms with Gasteiger partial charge in [-0.3, -0.25) is 10.6 Å². The number of amidine groups is 1. The molecule has 0 atom stereocenters. The fourth-order valence-electron chi connectivity index (χ4n) is 2.61. The van der Waals surface area contributed by atoms with Gasteiger partial charge in [0.2, 0.25) is 0 Å². The van der Waals surface area contributed by atoms with Crippen LogP contribution in [0, 0.1) is 11.3 Å². The number of nitrogens with zero attached hydrogens (tertiary/aromatic N) is 4. The molecule has 2 rings (SSSR count). The maximum absolute atomic E-state index is 11.7. The highest BCUT2D eigenvalue weighted by molar-refractivity contribution is 9.10. The van der Waals surface area contributed by atoms with Crippen LogP contribution in [0.3, 0.4) is 0 Å². The minimum atomic E-state index is -0.671. The van der Waals surface area contributed by atoms with Gasteiger partial charge in [-0.2, -0.15) is 5.26 Å². The largest absolute Gasteiger partial charge is 0.461 e. The van der Waals surface area contributed by atoms with E-state index in [1.807, 2.05) is 0 Å². The average molecular weight is 808 g/mol. The highest BCUT2D eigenvalue weighted by atomic mass is 79.9. The molecule has 0 spiro atoms. The van der Waals surface area contributed by atoms with Crippen LogP contribution in [0.1, 0.15) is 55.6 Å². The molecule has 3 N–H and O–H groups in total. The number of anilines is 1. The Bertz CT molecular complexity index is 1420. The predicted octanol–water partition coefficient (Wildman–Crippen LogP) is 6.11. The van der Waals surface area contributed by atoms with Crippen molar-refractivity contribution in [3.63, 3.8) is 0 Å². The fourth-order valence-corrected chi connectivity index (χ4v) is 4.03. The van der Waals surface area contributed by atoms with Gasteiger partial charge in [0.25, 0.3) is 0 Å². The second-order valence-corrected chi connectivity index (χ2v) is 10.5. The zero-order valence-corrected chi connectivity index (χ0v) is 30.6. The normalized spacial score (nSPS) is 9.85. The number of ether oxygens (including phenoxy) is 4. The van der Waals surface area contributed by atoms with Gasteiger partial charge in [0.1, 0.15) is 5.82 Å². The zero-order chi connectivity index (χ0) is 35.1. The molecule has 0 saturated heterocycles. The van der Waals surface area contributed by atoms with E-state index in [-0.39, 0.29) is 54.6 Å². The van der Waals surface area contributed by atoms with E-state index in [2.05, 4.69) is 67.5 Å². The number of rotatable bonds is 8. The number of thiocarbonyl (C=S) groups is 1. The average Bonchev–Trinajstić information content (AvgIpc) is 2.97. The van der Waals surface area contributed by atoms with E-state index < -0.39 is 24.1 Å². The minimum absolute atomic E-state index is 0.00820. The van der Waals surface area contributed by atoms with Crippen molar-refractivity contribution in [2.24, 2.45) is 4.99 Å². The number of nitrogens with one attached hydrogen (secondary N) is 3. The molecular formula is C27H33Br2N7O8S2. The van der Waals surface area contributed by atoms with Crippen LogP contribution >= 0.6 is 55.8 Å². The zero-order valence-electron chi connectivity index (χ0n) is 25.8. The number of carbonyl (C=O) groups is 4. The first-order chi connectivity index (χ1) is 21.9. The summed E-state index contributed by atoms with van der Waals surface area (Å²) in [6.45, 7) is 9.23. The van der Waals surface area contributed by atoms with Crippen LogP contribution in [-0.4, -0.2) is 77.1 Å². The van der Waals surface area contributed by atoms with Gasteiger partial charge in [-0.15, -0.1) is 0 Å². The molecule has 2 heterocycles. The summed E-state index contributed by atoms with van der Waals surface area (Å²) in [6, 6.07) is 8.02. The molecule has 2 aromatic rings. The maximum Gasteiger partial charge on any atom is 0.413 e. The summed E-state index contributed by atoms with van der Waals surface area (Å²) in [6.07, 6.45) is 0.474. The van der Waals surface area contributed by atoms with Crippen molar-refractivity contribution in [2.75, 3.05) is 38.0 Å².